The molecule has 0 aromatic heterocycles. The number of hydrogen-bond donors (Lipinski definition) is 0. The summed E-state index contributed by atoms with van der Waals surface area (Å²) in [6.07, 6.45) is 8.11. The van der Waals surface area contributed by atoms with Crippen molar-refractivity contribution in [3.05, 3.63) is 28.8 Å². The minimum atomic E-state index is 0.502. The normalized spacial score (nSPS) is 10.4. The molecule has 0 aliphatic carbocycles. The number of unbranched alkanes of at least 4 members (excludes halogenated alkanes) is 5. The molecule has 106 valence electrons. The Morgan fingerprint density at radius 2 is 1.79 bits per heavy atom. The van der Waals surface area contributed by atoms with Crippen molar-refractivity contribution < 1.29 is 9.53 Å². The van der Waals surface area contributed by atoms with E-state index in [1.54, 1.807) is 18.2 Å². The number of carbonyl (C=O) groups excluding carboxylic acids is 1. The summed E-state index contributed by atoms with van der Waals surface area (Å²) >= 11 is 9.45. The average molecular weight is 348 g/mol. The molecule has 19 heavy (non-hydrogen) atoms. The zero-order chi connectivity index (χ0) is 13.9. The maximum Gasteiger partial charge on any atom is 0.150 e. The van der Waals surface area contributed by atoms with Gasteiger partial charge in [-0.15, -0.1) is 0 Å². The van der Waals surface area contributed by atoms with Crippen LogP contribution in [0, 0.1) is 0 Å². The lowest BCUT2D eigenvalue weighted by molar-refractivity contribution is 0.112. The zero-order valence-corrected chi connectivity index (χ0v) is 13.4. The van der Waals surface area contributed by atoms with Gasteiger partial charge in [-0.25, -0.2) is 0 Å². The molecule has 0 fully saturated rings. The van der Waals surface area contributed by atoms with Crippen molar-refractivity contribution in [2.24, 2.45) is 0 Å². The lowest BCUT2D eigenvalue weighted by Gasteiger charge is -2.08. The lowest BCUT2D eigenvalue weighted by atomic mass is 10.1. The van der Waals surface area contributed by atoms with Crippen molar-refractivity contribution in [3.8, 4) is 5.75 Å². The molecule has 0 bridgehead atoms. The number of aldehydes is 1. The van der Waals surface area contributed by atoms with Crippen LogP contribution in [0.1, 0.15) is 48.9 Å². The Bertz CT molecular complexity index is 382. The molecule has 0 N–H and O–H groups in total. The van der Waals surface area contributed by atoms with Crippen LogP contribution in [0.2, 0.25) is 5.02 Å². The summed E-state index contributed by atoms with van der Waals surface area (Å²) in [4.78, 5) is 10.6. The minimum Gasteiger partial charge on any atom is -0.492 e. The molecule has 0 spiro atoms. The summed E-state index contributed by atoms with van der Waals surface area (Å²) in [5.41, 5.74) is 0.573. The van der Waals surface area contributed by atoms with Gasteiger partial charge in [0.15, 0.2) is 0 Å². The quantitative estimate of drug-likeness (QED) is 0.327. The van der Waals surface area contributed by atoms with Gasteiger partial charge in [-0.05, 0) is 31.0 Å². The highest BCUT2D eigenvalue weighted by Gasteiger charge is 2.02. The Morgan fingerprint density at radius 3 is 2.42 bits per heavy atom. The maximum absolute atomic E-state index is 10.6. The second kappa shape index (κ2) is 10.3. The number of alkyl halides is 1. The van der Waals surface area contributed by atoms with Crippen LogP contribution in [0.4, 0.5) is 0 Å². The first-order valence-electron chi connectivity index (χ1n) is 6.71. The molecule has 0 saturated heterocycles. The summed E-state index contributed by atoms with van der Waals surface area (Å²) < 4.78 is 5.61. The first-order chi connectivity index (χ1) is 9.27. The van der Waals surface area contributed by atoms with Gasteiger partial charge in [0.2, 0.25) is 0 Å². The summed E-state index contributed by atoms with van der Waals surface area (Å²) in [6, 6.07) is 5.10. The van der Waals surface area contributed by atoms with Crippen molar-refractivity contribution in [2.75, 3.05) is 11.9 Å². The van der Waals surface area contributed by atoms with Gasteiger partial charge in [-0.3, -0.25) is 4.79 Å². The second-order valence-corrected chi connectivity index (χ2v) is 5.67. The minimum absolute atomic E-state index is 0.502. The van der Waals surface area contributed by atoms with Gasteiger partial charge >= 0.3 is 0 Å². The molecule has 0 heterocycles. The molecule has 1 rings (SSSR count). The van der Waals surface area contributed by atoms with Gasteiger partial charge in [0.25, 0.3) is 0 Å². The van der Waals surface area contributed by atoms with Crippen LogP contribution in [-0.4, -0.2) is 18.2 Å². The molecule has 0 unspecified atom stereocenters. The van der Waals surface area contributed by atoms with Gasteiger partial charge in [-0.2, -0.15) is 0 Å². The van der Waals surface area contributed by atoms with Crippen LogP contribution in [-0.2, 0) is 0 Å². The summed E-state index contributed by atoms with van der Waals surface area (Å²) in [5, 5.41) is 1.60. The van der Waals surface area contributed by atoms with Crippen molar-refractivity contribution in [3.63, 3.8) is 0 Å². The first kappa shape index (κ1) is 16.5. The van der Waals surface area contributed by atoms with Crippen molar-refractivity contribution >= 4 is 33.8 Å². The zero-order valence-electron chi connectivity index (χ0n) is 11.0. The molecule has 1 aromatic carbocycles. The molecule has 4 heteroatoms. The monoisotopic (exact) mass is 346 g/mol. The SMILES string of the molecule is O=Cc1ccc(OCCCCCCCCBr)c(Cl)c1. The number of hydrogen-bond acceptors (Lipinski definition) is 2. The van der Waals surface area contributed by atoms with E-state index in [9.17, 15) is 4.79 Å². The van der Waals surface area contributed by atoms with E-state index < -0.39 is 0 Å². The maximum atomic E-state index is 10.6. The van der Waals surface area contributed by atoms with Gasteiger partial charge in [0.05, 0.1) is 11.6 Å². The Kier molecular flexibility index (Phi) is 8.93. The smallest absolute Gasteiger partial charge is 0.150 e. The number of ether oxygens (including phenoxy) is 1. The highest BCUT2D eigenvalue weighted by atomic mass is 79.9. The van der Waals surface area contributed by atoms with Crippen LogP contribution in [0.25, 0.3) is 0 Å². The van der Waals surface area contributed by atoms with E-state index in [0.717, 1.165) is 18.0 Å². The molecule has 0 aliphatic rings. The van der Waals surface area contributed by atoms with E-state index in [1.807, 2.05) is 0 Å². The van der Waals surface area contributed by atoms with Gasteiger partial charge in [-0.1, -0.05) is 53.2 Å². The largest absolute Gasteiger partial charge is 0.492 e. The first-order valence-corrected chi connectivity index (χ1v) is 8.21. The van der Waals surface area contributed by atoms with Gasteiger partial charge in [0, 0.05) is 10.9 Å². The van der Waals surface area contributed by atoms with E-state index >= 15 is 0 Å². The number of benzene rings is 1. The highest BCUT2D eigenvalue weighted by Crippen LogP contribution is 2.25. The van der Waals surface area contributed by atoms with Crippen LogP contribution < -0.4 is 4.74 Å². The third-order valence-electron chi connectivity index (χ3n) is 2.88. The van der Waals surface area contributed by atoms with E-state index in [1.165, 1.54) is 32.1 Å². The lowest BCUT2D eigenvalue weighted by Crippen LogP contribution is -1.98. The molecule has 1 aromatic rings. The van der Waals surface area contributed by atoms with E-state index in [4.69, 9.17) is 16.3 Å². The Morgan fingerprint density at radius 1 is 1.11 bits per heavy atom. The Labute approximate surface area is 128 Å². The number of halogens is 2. The highest BCUT2D eigenvalue weighted by molar-refractivity contribution is 9.09. The molecule has 0 atom stereocenters. The standard InChI is InChI=1S/C15H20BrClO2/c16-9-5-3-1-2-4-6-10-19-15-8-7-13(12-18)11-14(15)17/h7-8,11-12H,1-6,9-10H2. The average Bonchev–Trinajstić information content (AvgIpc) is 2.43. The molecule has 0 saturated carbocycles. The third kappa shape index (κ3) is 6.98. The fourth-order valence-corrected chi connectivity index (χ4v) is 2.43. The topological polar surface area (TPSA) is 26.3 Å². The molecular formula is C15H20BrClO2. The predicted molar refractivity (Wildman–Crippen MR) is 83.8 cm³/mol. The predicted octanol–water partition coefficient (Wildman–Crippen LogP) is 5.27. The fraction of sp³-hybridized carbons (Fsp3) is 0.533. The van der Waals surface area contributed by atoms with Crippen molar-refractivity contribution in [2.45, 2.75) is 38.5 Å². The molecule has 0 radical (unpaired) electrons. The molecule has 0 amide bonds. The van der Waals surface area contributed by atoms with Gasteiger partial charge < -0.3 is 4.74 Å². The van der Waals surface area contributed by atoms with E-state index in [0.29, 0.717) is 22.9 Å². The summed E-state index contributed by atoms with van der Waals surface area (Å²) in [5.74, 6) is 0.659. The van der Waals surface area contributed by atoms with Crippen LogP contribution >= 0.6 is 27.5 Å². The fourth-order valence-electron chi connectivity index (χ4n) is 1.79. The molecule has 2 nitrogen and oxygen atoms in total. The van der Waals surface area contributed by atoms with Gasteiger partial charge in [0.1, 0.15) is 12.0 Å². The van der Waals surface area contributed by atoms with Crippen LogP contribution in [0.5, 0.6) is 5.75 Å². The summed E-state index contributed by atoms with van der Waals surface area (Å²) in [7, 11) is 0. The molecular weight excluding hydrogens is 328 g/mol. The Balaban J connectivity index is 2.14. The third-order valence-corrected chi connectivity index (χ3v) is 3.73. The second-order valence-electron chi connectivity index (χ2n) is 4.47. The number of rotatable bonds is 10. The number of carbonyl (C=O) groups is 1. The molecule has 0 aliphatic heterocycles. The summed E-state index contributed by atoms with van der Waals surface area (Å²) in [6.45, 7) is 0.679. The van der Waals surface area contributed by atoms with E-state index in [2.05, 4.69) is 15.9 Å². The van der Waals surface area contributed by atoms with Crippen molar-refractivity contribution in [1.29, 1.82) is 0 Å². The Hall–Kier alpha value is -0.540. The van der Waals surface area contributed by atoms with Crippen LogP contribution in [0.3, 0.4) is 0 Å². The van der Waals surface area contributed by atoms with E-state index in [-0.39, 0.29) is 0 Å². The van der Waals surface area contributed by atoms with Crippen molar-refractivity contribution in [1.82, 2.24) is 0 Å². The van der Waals surface area contributed by atoms with Crippen LogP contribution in [0.15, 0.2) is 18.2 Å².